The average molecular weight is 177 g/mol. The van der Waals surface area contributed by atoms with Gasteiger partial charge in [-0.3, -0.25) is 0 Å². The molecule has 0 aliphatic heterocycles. The van der Waals surface area contributed by atoms with E-state index >= 15 is 0 Å². The van der Waals surface area contributed by atoms with E-state index in [4.69, 9.17) is 5.26 Å². The molecule has 0 N–H and O–H groups in total. The van der Waals surface area contributed by atoms with E-state index < -0.39 is 0 Å². The van der Waals surface area contributed by atoms with Crippen LogP contribution in [0.25, 0.3) is 0 Å². The Hall–Kier alpha value is -1.36. The molecule has 68 valence electrons. The first kappa shape index (κ1) is 9.73. The second kappa shape index (κ2) is 3.18. The van der Waals surface area contributed by atoms with Crippen molar-refractivity contribution in [3.63, 3.8) is 0 Å². The number of nitriles is 1. The highest BCUT2D eigenvalue weighted by Gasteiger charge is 2.18. The molecule has 0 fully saturated rings. The molecule has 0 amide bonds. The summed E-state index contributed by atoms with van der Waals surface area (Å²) in [7, 11) is 0. The van der Waals surface area contributed by atoms with E-state index in [0.717, 1.165) is 5.56 Å². The van der Waals surface area contributed by atoms with Crippen LogP contribution in [0, 0.1) is 17.1 Å². The summed E-state index contributed by atoms with van der Waals surface area (Å²) in [4.78, 5) is 0. The number of halogens is 1. The molecule has 0 unspecified atom stereocenters. The molecule has 0 saturated heterocycles. The van der Waals surface area contributed by atoms with Crippen LogP contribution in [0.15, 0.2) is 18.2 Å². The van der Waals surface area contributed by atoms with Crippen LogP contribution >= 0.6 is 0 Å². The summed E-state index contributed by atoms with van der Waals surface area (Å²) in [6.07, 6.45) is 0. The van der Waals surface area contributed by atoms with Gasteiger partial charge in [0, 0.05) is 0 Å². The van der Waals surface area contributed by atoms with Crippen molar-refractivity contribution in [2.45, 2.75) is 26.2 Å². The lowest BCUT2D eigenvalue weighted by molar-refractivity contribution is 0.570. The van der Waals surface area contributed by atoms with E-state index in [1.807, 2.05) is 20.8 Å². The van der Waals surface area contributed by atoms with Crippen LogP contribution in [0.1, 0.15) is 31.9 Å². The van der Waals surface area contributed by atoms with Gasteiger partial charge in [0.1, 0.15) is 5.82 Å². The highest BCUT2D eigenvalue weighted by atomic mass is 19.1. The zero-order valence-electron chi connectivity index (χ0n) is 8.06. The normalized spacial score (nSPS) is 11.0. The number of nitrogens with zero attached hydrogens (tertiary/aromatic N) is 1. The Morgan fingerprint density at radius 3 is 2.38 bits per heavy atom. The van der Waals surface area contributed by atoms with Crippen molar-refractivity contribution in [2.24, 2.45) is 0 Å². The van der Waals surface area contributed by atoms with Crippen LogP contribution in [0.5, 0.6) is 0 Å². The van der Waals surface area contributed by atoms with E-state index in [1.54, 1.807) is 0 Å². The van der Waals surface area contributed by atoms with Gasteiger partial charge in [0.25, 0.3) is 0 Å². The molecule has 0 aliphatic rings. The zero-order chi connectivity index (χ0) is 10.1. The summed E-state index contributed by atoms with van der Waals surface area (Å²) in [5.74, 6) is -0.288. The second-order valence-electron chi connectivity index (χ2n) is 4.05. The third kappa shape index (κ3) is 2.06. The van der Waals surface area contributed by atoms with Crippen LogP contribution in [0.4, 0.5) is 4.39 Å². The second-order valence-corrected chi connectivity index (χ2v) is 4.05. The van der Waals surface area contributed by atoms with Crippen LogP contribution in [-0.2, 0) is 5.41 Å². The predicted octanol–water partition coefficient (Wildman–Crippen LogP) is 2.99. The summed E-state index contributed by atoms with van der Waals surface area (Å²) >= 11 is 0. The molecule has 1 aromatic rings. The Kier molecular flexibility index (Phi) is 2.38. The smallest absolute Gasteiger partial charge is 0.123 e. The first-order valence-corrected chi connectivity index (χ1v) is 4.15. The van der Waals surface area contributed by atoms with E-state index in [1.165, 1.54) is 18.2 Å². The molecule has 0 radical (unpaired) electrons. The Morgan fingerprint density at radius 1 is 1.31 bits per heavy atom. The lowest BCUT2D eigenvalue weighted by Gasteiger charge is -2.20. The third-order valence-electron chi connectivity index (χ3n) is 1.91. The fraction of sp³-hybridized carbons (Fsp3) is 0.364. The van der Waals surface area contributed by atoms with Gasteiger partial charge in [0.15, 0.2) is 0 Å². The van der Waals surface area contributed by atoms with Crippen LogP contribution in [0.2, 0.25) is 0 Å². The highest BCUT2D eigenvalue weighted by molar-refractivity contribution is 5.41. The molecule has 0 spiro atoms. The summed E-state index contributed by atoms with van der Waals surface area (Å²) < 4.78 is 12.9. The molecule has 1 aromatic carbocycles. The molecule has 2 heteroatoms. The Balaban J connectivity index is 3.35. The third-order valence-corrected chi connectivity index (χ3v) is 1.91. The fourth-order valence-electron chi connectivity index (χ4n) is 1.23. The van der Waals surface area contributed by atoms with Gasteiger partial charge in [0.05, 0.1) is 11.6 Å². The van der Waals surface area contributed by atoms with Crippen molar-refractivity contribution in [1.29, 1.82) is 5.26 Å². The van der Waals surface area contributed by atoms with Gasteiger partial charge in [-0.15, -0.1) is 0 Å². The first-order valence-electron chi connectivity index (χ1n) is 4.15. The van der Waals surface area contributed by atoms with E-state index in [0.29, 0.717) is 5.56 Å². The van der Waals surface area contributed by atoms with Crippen LogP contribution in [-0.4, -0.2) is 0 Å². The van der Waals surface area contributed by atoms with E-state index in [-0.39, 0.29) is 11.2 Å². The minimum absolute atomic E-state index is 0.187. The van der Waals surface area contributed by atoms with Gasteiger partial charge in [-0.25, -0.2) is 4.39 Å². The number of hydrogen-bond donors (Lipinski definition) is 0. The maximum atomic E-state index is 12.9. The molecule has 0 heterocycles. The number of hydrogen-bond acceptors (Lipinski definition) is 1. The highest BCUT2D eigenvalue weighted by Crippen LogP contribution is 2.25. The minimum Gasteiger partial charge on any atom is -0.207 e. The molecular formula is C11H12FN. The van der Waals surface area contributed by atoms with Crippen molar-refractivity contribution >= 4 is 0 Å². The average Bonchev–Trinajstić information content (AvgIpc) is 2.03. The SMILES string of the molecule is CC(C)(C)c1cc(F)ccc1C#N. The van der Waals surface area contributed by atoms with Crippen molar-refractivity contribution in [1.82, 2.24) is 0 Å². The molecule has 0 atom stereocenters. The molecule has 0 bridgehead atoms. The summed E-state index contributed by atoms with van der Waals surface area (Å²) in [5, 5.41) is 8.80. The lowest BCUT2D eigenvalue weighted by atomic mass is 9.84. The van der Waals surface area contributed by atoms with E-state index in [9.17, 15) is 4.39 Å². The Labute approximate surface area is 77.8 Å². The zero-order valence-corrected chi connectivity index (χ0v) is 8.06. The standard InChI is InChI=1S/C11H12FN/c1-11(2,3)10-6-9(12)5-4-8(10)7-13/h4-6H,1-3H3. The van der Waals surface area contributed by atoms with Gasteiger partial charge < -0.3 is 0 Å². The maximum absolute atomic E-state index is 12.9. The summed E-state index contributed by atoms with van der Waals surface area (Å²) in [6.45, 7) is 5.88. The van der Waals surface area contributed by atoms with Crippen molar-refractivity contribution < 1.29 is 4.39 Å². The molecule has 0 aliphatic carbocycles. The molecule has 1 nitrogen and oxygen atoms in total. The first-order chi connectivity index (χ1) is 5.95. The molecule has 13 heavy (non-hydrogen) atoms. The van der Waals surface area contributed by atoms with Crippen molar-refractivity contribution in [3.8, 4) is 6.07 Å². The lowest BCUT2D eigenvalue weighted by Crippen LogP contribution is -2.13. The summed E-state index contributed by atoms with van der Waals surface area (Å²) in [5.41, 5.74) is 1.12. The van der Waals surface area contributed by atoms with Crippen molar-refractivity contribution in [2.75, 3.05) is 0 Å². The Bertz CT molecular complexity index is 355. The van der Waals surface area contributed by atoms with Crippen LogP contribution in [0.3, 0.4) is 0 Å². The van der Waals surface area contributed by atoms with E-state index in [2.05, 4.69) is 6.07 Å². The molecule has 0 saturated carbocycles. The quantitative estimate of drug-likeness (QED) is 0.597. The Morgan fingerprint density at radius 2 is 1.92 bits per heavy atom. The van der Waals surface area contributed by atoms with Gasteiger partial charge in [-0.1, -0.05) is 20.8 Å². The monoisotopic (exact) mass is 177 g/mol. The number of benzene rings is 1. The van der Waals surface area contributed by atoms with Gasteiger partial charge >= 0.3 is 0 Å². The van der Waals surface area contributed by atoms with Crippen molar-refractivity contribution in [3.05, 3.63) is 35.1 Å². The predicted molar refractivity (Wildman–Crippen MR) is 49.8 cm³/mol. The topological polar surface area (TPSA) is 23.8 Å². The molecular weight excluding hydrogens is 165 g/mol. The largest absolute Gasteiger partial charge is 0.207 e. The summed E-state index contributed by atoms with van der Waals surface area (Å²) in [6, 6.07) is 6.33. The van der Waals surface area contributed by atoms with Gasteiger partial charge in [-0.2, -0.15) is 5.26 Å². The molecule has 0 aromatic heterocycles. The van der Waals surface area contributed by atoms with Gasteiger partial charge in [-0.05, 0) is 29.2 Å². The van der Waals surface area contributed by atoms with Crippen LogP contribution < -0.4 is 0 Å². The number of rotatable bonds is 0. The maximum Gasteiger partial charge on any atom is 0.123 e. The van der Waals surface area contributed by atoms with Gasteiger partial charge in [0.2, 0.25) is 0 Å². The fourth-order valence-corrected chi connectivity index (χ4v) is 1.23. The minimum atomic E-state index is -0.288. The molecule has 1 rings (SSSR count).